The van der Waals surface area contributed by atoms with Gasteiger partial charge in [-0.05, 0) is 30.3 Å². The number of rotatable bonds is 6. The first-order valence-electron chi connectivity index (χ1n) is 9.18. The third-order valence-electron chi connectivity index (χ3n) is 4.69. The molecule has 158 valence electrons. The Bertz CT molecular complexity index is 980. The Morgan fingerprint density at radius 2 is 2.00 bits per heavy atom. The van der Waals surface area contributed by atoms with Crippen LogP contribution in [0.3, 0.4) is 0 Å². The van der Waals surface area contributed by atoms with Gasteiger partial charge in [0.05, 0.1) is 25.0 Å². The summed E-state index contributed by atoms with van der Waals surface area (Å²) >= 11 is 6.00. The molecular formula is C21H18ClF3N2O3. The van der Waals surface area contributed by atoms with E-state index in [0.29, 0.717) is 11.6 Å². The quantitative estimate of drug-likeness (QED) is 0.549. The Morgan fingerprint density at radius 1 is 1.20 bits per heavy atom. The van der Waals surface area contributed by atoms with Crippen LogP contribution < -0.4 is 4.74 Å². The first kappa shape index (κ1) is 20.7. The number of aromatic nitrogens is 2. The van der Waals surface area contributed by atoms with Gasteiger partial charge >= 0.3 is 6.18 Å². The van der Waals surface area contributed by atoms with E-state index in [-0.39, 0.29) is 19.0 Å². The maximum absolute atomic E-state index is 12.9. The van der Waals surface area contributed by atoms with E-state index in [9.17, 15) is 13.2 Å². The third kappa shape index (κ3) is 4.61. The SMILES string of the molecule is FC(F)(F)c1cccc(OCC2COC(Cn3ccnc3)(c3ccc(Cl)cc3)O2)c1. The predicted molar refractivity (Wildman–Crippen MR) is 103 cm³/mol. The zero-order valence-corrected chi connectivity index (χ0v) is 16.4. The molecule has 1 aliphatic heterocycles. The second-order valence-corrected chi connectivity index (χ2v) is 7.32. The van der Waals surface area contributed by atoms with Gasteiger partial charge < -0.3 is 18.8 Å². The van der Waals surface area contributed by atoms with Crippen LogP contribution in [-0.4, -0.2) is 28.9 Å². The van der Waals surface area contributed by atoms with Crippen LogP contribution in [-0.2, 0) is 28.0 Å². The Morgan fingerprint density at radius 3 is 2.70 bits per heavy atom. The van der Waals surface area contributed by atoms with E-state index >= 15 is 0 Å². The molecule has 0 N–H and O–H groups in total. The van der Waals surface area contributed by atoms with Crippen molar-refractivity contribution in [2.45, 2.75) is 24.6 Å². The highest BCUT2D eigenvalue weighted by Crippen LogP contribution is 2.37. The molecule has 0 amide bonds. The summed E-state index contributed by atoms with van der Waals surface area (Å²) in [7, 11) is 0. The van der Waals surface area contributed by atoms with Crippen LogP contribution in [0, 0.1) is 0 Å². The summed E-state index contributed by atoms with van der Waals surface area (Å²) in [6, 6.07) is 11.9. The molecule has 0 spiro atoms. The van der Waals surface area contributed by atoms with Crippen LogP contribution in [0.1, 0.15) is 11.1 Å². The summed E-state index contributed by atoms with van der Waals surface area (Å²) in [5.74, 6) is -0.973. The van der Waals surface area contributed by atoms with Crippen LogP contribution in [0.5, 0.6) is 5.75 Å². The van der Waals surface area contributed by atoms with Crippen LogP contribution in [0.4, 0.5) is 13.2 Å². The number of halogens is 4. The van der Waals surface area contributed by atoms with Gasteiger partial charge in [-0.1, -0.05) is 29.8 Å². The summed E-state index contributed by atoms with van der Waals surface area (Å²) in [4.78, 5) is 4.04. The molecule has 2 heterocycles. The Kier molecular flexibility index (Phi) is 5.73. The molecule has 1 aliphatic rings. The van der Waals surface area contributed by atoms with Crippen molar-refractivity contribution in [1.29, 1.82) is 0 Å². The zero-order valence-electron chi connectivity index (χ0n) is 15.7. The molecule has 2 aromatic carbocycles. The van der Waals surface area contributed by atoms with Crippen molar-refractivity contribution >= 4 is 11.6 Å². The average molecular weight is 439 g/mol. The van der Waals surface area contributed by atoms with Crippen molar-refractivity contribution in [3.8, 4) is 5.75 Å². The number of benzene rings is 2. The second-order valence-electron chi connectivity index (χ2n) is 6.88. The van der Waals surface area contributed by atoms with E-state index in [0.717, 1.165) is 17.7 Å². The van der Waals surface area contributed by atoms with Crippen LogP contribution in [0.25, 0.3) is 0 Å². The Balaban J connectivity index is 1.48. The van der Waals surface area contributed by atoms with E-state index in [1.54, 1.807) is 30.9 Å². The molecule has 1 aromatic heterocycles. The fourth-order valence-corrected chi connectivity index (χ4v) is 3.37. The van der Waals surface area contributed by atoms with Crippen LogP contribution in [0.2, 0.25) is 5.02 Å². The zero-order chi connectivity index (χ0) is 21.2. The van der Waals surface area contributed by atoms with Gasteiger partial charge in [0.15, 0.2) is 0 Å². The van der Waals surface area contributed by atoms with Crippen molar-refractivity contribution in [2.75, 3.05) is 13.2 Å². The number of ether oxygens (including phenoxy) is 3. The van der Waals surface area contributed by atoms with Crippen molar-refractivity contribution in [3.05, 3.63) is 83.4 Å². The highest BCUT2D eigenvalue weighted by atomic mass is 35.5. The predicted octanol–water partition coefficient (Wildman–Crippen LogP) is 4.90. The van der Waals surface area contributed by atoms with Crippen molar-refractivity contribution < 1.29 is 27.4 Å². The molecule has 5 nitrogen and oxygen atoms in total. The largest absolute Gasteiger partial charge is 0.491 e. The number of imidazole rings is 1. The Hall–Kier alpha value is -2.55. The maximum atomic E-state index is 12.9. The number of alkyl halides is 3. The molecule has 0 bridgehead atoms. The molecule has 9 heteroatoms. The fourth-order valence-electron chi connectivity index (χ4n) is 3.25. The third-order valence-corrected chi connectivity index (χ3v) is 4.94. The van der Waals surface area contributed by atoms with Gasteiger partial charge in [0, 0.05) is 23.0 Å². The molecule has 1 saturated heterocycles. The molecule has 0 saturated carbocycles. The topological polar surface area (TPSA) is 45.5 Å². The fraction of sp³-hybridized carbons (Fsp3) is 0.286. The van der Waals surface area contributed by atoms with Gasteiger partial charge in [-0.25, -0.2) is 4.98 Å². The minimum atomic E-state index is -4.43. The molecule has 2 atom stereocenters. The van der Waals surface area contributed by atoms with E-state index in [4.69, 9.17) is 25.8 Å². The highest BCUT2D eigenvalue weighted by Gasteiger charge is 2.44. The lowest BCUT2D eigenvalue weighted by molar-refractivity contribution is -0.189. The van der Waals surface area contributed by atoms with Crippen LogP contribution in [0.15, 0.2) is 67.3 Å². The lowest BCUT2D eigenvalue weighted by Crippen LogP contribution is -2.34. The number of hydrogen-bond donors (Lipinski definition) is 0. The van der Waals surface area contributed by atoms with Gasteiger partial charge in [0.1, 0.15) is 18.5 Å². The van der Waals surface area contributed by atoms with E-state index < -0.39 is 23.6 Å². The van der Waals surface area contributed by atoms with E-state index in [1.165, 1.54) is 12.1 Å². The first-order chi connectivity index (χ1) is 14.3. The minimum absolute atomic E-state index is 0.0422. The summed E-state index contributed by atoms with van der Waals surface area (Å²) in [5.41, 5.74) is 0.00128. The van der Waals surface area contributed by atoms with Gasteiger partial charge in [-0.15, -0.1) is 0 Å². The highest BCUT2D eigenvalue weighted by molar-refractivity contribution is 6.30. The molecule has 0 aliphatic carbocycles. The molecule has 2 unspecified atom stereocenters. The number of hydrogen-bond acceptors (Lipinski definition) is 4. The average Bonchev–Trinajstić information content (AvgIpc) is 3.37. The lowest BCUT2D eigenvalue weighted by atomic mass is 10.1. The van der Waals surface area contributed by atoms with E-state index in [1.807, 2.05) is 16.7 Å². The normalized spacial score (nSPS) is 21.7. The van der Waals surface area contributed by atoms with Gasteiger partial charge in [0.25, 0.3) is 0 Å². The summed E-state index contributed by atoms with van der Waals surface area (Å²) in [5, 5.41) is 0.582. The standard InChI is InChI=1S/C21H18ClF3N2O3/c22-17-6-4-15(5-7-17)20(13-27-9-8-26-14-27)29-12-19(30-20)11-28-18-3-1-2-16(10-18)21(23,24)25/h1-10,14,19H,11-13H2. The molecule has 30 heavy (non-hydrogen) atoms. The van der Waals surface area contributed by atoms with Crippen LogP contribution >= 0.6 is 11.6 Å². The van der Waals surface area contributed by atoms with Gasteiger partial charge in [-0.2, -0.15) is 13.2 Å². The van der Waals surface area contributed by atoms with Gasteiger partial charge in [0.2, 0.25) is 5.79 Å². The molecule has 1 fully saturated rings. The summed E-state index contributed by atoms with van der Waals surface area (Å²) in [6.45, 7) is 0.603. The first-order valence-corrected chi connectivity index (χ1v) is 9.55. The minimum Gasteiger partial charge on any atom is -0.491 e. The van der Waals surface area contributed by atoms with Gasteiger partial charge in [-0.3, -0.25) is 0 Å². The molecular weight excluding hydrogens is 421 g/mol. The summed E-state index contributed by atoms with van der Waals surface area (Å²) < 4.78 is 58.3. The molecule has 0 radical (unpaired) electrons. The summed E-state index contributed by atoms with van der Waals surface area (Å²) in [6.07, 6.45) is 0.187. The van der Waals surface area contributed by atoms with Crippen molar-refractivity contribution in [3.63, 3.8) is 0 Å². The molecule has 3 aromatic rings. The number of nitrogens with zero attached hydrogens (tertiary/aromatic N) is 2. The lowest BCUT2D eigenvalue weighted by Gasteiger charge is -2.29. The van der Waals surface area contributed by atoms with Crippen molar-refractivity contribution in [2.24, 2.45) is 0 Å². The van der Waals surface area contributed by atoms with Crippen molar-refractivity contribution in [1.82, 2.24) is 9.55 Å². The smallest absolute Gasteiger partial charge is 0.416 e. The second kappa shape index (κ2) is 8.29. The Labute approximate surface area is 176 Å². The molecule has 4 rings (SSSR count). The monoisotopic (exact) mass is 438 g/mol. The van der Waals surface area contributed by atoms with E-state index in [2.05, 4.69) is 4.98 Å². The maximum Gasteiger partial charge on any atom is 0.416 e.